The Morgan fingerprint density at radius 2 is 2.11 bits per heavy atom. The van der Waals surface area contributed by atoms with Crippen molar-refractivity contribution in [1.82, 2.24) is 9.78 Å². The fourth-order valence-corrected chi connectivity index (χ4v) is 1.68. The van der Waals surface area contributed by atoms with Gasteiger partial charge >= 0.3 is 5.97 Å². The summed E-state index contributed by atoms with van der Waals surface area (Å²) >= 11 is 0. The van der Waals surface area contributed by atoms with Gasteiger partial charge in [-0.2, -0.15) is 5.10 Å². The molecule has 1 aromatic carbocycles. The molecule has 0 atom stereocenters. The molecule has 1 N–H and O–H groups in total. The highest BCUT2D eigenvalue weighted by Gasteiger charge is 2.11. The van der Waals surface area contributed by atoms with Crippen molar-refractivity contribution in [2.45, 2.75) is 13.5 Å². The van der Waals surface area contributed by atoms with Crippen LogP contribution in [0.25, 0.3) is 11.1 Å². The van der Waals surface area contributed by atoms with Crippen LogP contribution in [0.5, 0.6) is 0 Å². The zero-order valence-corrected chi connectivity index (χ0v) is 9.52. The van der Waals surface area contributed by atoms with E-state index in [9.17, 15) is 13.6 Å². The molecule has 0 spiro atoms. The second-order valence-electron chi connectivity index (χ2n) is 3.85. The maximum absolute atomic E-state index is 13.1. The number of aliphatic carboxylic acids is 1. The van der Waals surface area contributed by atoms with Crippen LogP contribution < -0.4 is 0 Å². The Labute approximate surface area is 101 Å². The van der Waals surface area contributed by atoms with E-state index in [1.807, 2.05) is 0 Å². The molecule has 0 saturated carbocycles. The van der Waals surface area contributed by atoms with Gasteiger partial charge in [0, 0.05) is 11.8 Å². The third-order valence-corrected chi connectivity index (χ3v) is 2.47. The van der Waals surface area contributed by atoms with Crippen LogP contribution in [0.1, 0.15) is 5.69 Å². The summed E-state index contributed by atoms with van der Waals surface area (Å²) in [7, 11) is 0. The number of hydrogen-bond acceptors (Lipinski definition) is 2. The van der Waals surface area contributed by atoms with Crippen LogP contribution in [0.2, 0.25) is 0 Å². The lowest BCUT2D eigenvalue weighted by Crippen LogP contribution is -2.08. The molecule has 1 aromatic heterocycles. The third kappa shape index (κ3) is 2.37. The van der Waals surface area contributed by atoms with Crippen LogP contribution in [0.15, 0.2) is 24.4 Å². The second kappa shape index (κ2) is 4.56. The first-order valence-electron chi connectivity index (χ1n) is 5.18. The Balaban J connectivity index is 2.41. The van der Waals surface area contributed by atoms with Gasteiger partial charge in [0.15, 0.2) is 11.6 Å². The first-order valence-corrected chi connectivity index (χ1v) is 5.18. The second-order valence-corrected chi connectivity index (χ2v) is 3.85. The first kappa shape index (κ1) is 12.2. The summed E-state index contributed by atoms with van der Waals surface area (Å²) in [5.41, 5.74) is 1.60. The number of aryl methyl sites for hydroxylation is 1. The van der Waals surface area contributed by atoms with Crippen molar-refractivity contribution in [2.75, 3.05) is 0 Å². The number of benzene rings is 1. The molecule has 0 fully saturated rings. The maximum atomic E-state index is 13.1. The average molecular weight is 252 g/mol. The van der Waals surface area contributed by atoms with Gasteiger partial charge in [-0.25, -0.2) is 8.78 Å². The Morgan fingerprint density at radius 3 is 2.72 bits per heavy atom. The first-order chi connectivity index (χ1) is 8.47. The van der Waals surface area contributed by atoms with Crippen LogP contribution in [0.3, 0.4) is 0 Å². The fraction of sp³-hybridized carbons (Fsp3) is 0.167. The topological polar surface area (TPSA) is 55.1 Å². The van der Waals surface area contributed by atoms with Gasteiger partial charge in [0.2, 0.25) is 0 Å². The molecule has 18 heavy (non-hydrogen) atoms. The minimum Gasteiger partial charge on any atom is -0.480 e. The molecule has 2 aromatic rings. The van der Waals surface area contributed by atoms with Gasteiger partial charge in [0.05, 0.1) is 5.69 Å². The molecule has 0 aliphatic carbocycles. The summed E-state index contributed by atoms with van der Waals surface area (Å²) in [4.78, 5) is 10.6. The summed E-state index contributed by atoms with van der Waals surface area (Å²) in [6.07, 6.45) is 1.50. The molecule has 0 unspecified atom stereocenters. The molecule has 4 nitrogen and oxygen atoms in total. The SMILES string of the molecule is Cc1nn(CC(=O)O)cc1-c1ccc(F)c(F)c1. The normalized spacial score (nSPS) is 10.6. The number of carbonyl (C=O) groups is 1. The van der Waals surface area contributed by atoms with Gasteiger partial charge in [-0.05, 0) is 24.6 Å². The van der Waals surface area contributed by atoms with Gasteiger partial charge < -0.3 is 5.11 Å². The molecule has 6 heteroatoms. The number of hydrogen-bond donors (Lipinski definition) is 1. The Hall–Kier alpha value is -2.24. The van der Waals surface area contributed by atoms with Crippen molar-refractivity contribution in [3.8, 4) is 11.1 Å². The number of halogens is 2. The lowest BCUT2D eigenvalue weighted by atomic mass is 10.1. The van der Waals surface area contributed by atoms with E-state index in [4.69, 9.17) is 5.11 Å². The van der Waals surface area contributed by atoms with Crippen LogP contribution in [-0.2, 0) is 11.3 Å². The van der Waals surface area contributed by atoms with E-state index in [-0.39, 0.29) is 6.54 Å². The molecule has 2 rings (SSSR count). The average Bonchev–Trinajstić information content (AvgIpc) is 2.62. The van der Waals surface area contributed by atoms with E-state index in [0.717, 1.165) is 12.1 Å². The van der Waals surface area contributed by atoms with Crippen molar-refractivity contribution in [2.24, 2.45) is 0 Å². The number of nitrogens with zero attached hydrogens (tertiary/aromatic N) is 2. The summed E-state index contributed by atoms with van der Waals surface area (Å²) in [6, 6.07) is 3.51. The monoisotopic (exact) mass is 252 g/mol. The zero-order chi connectivity index (χ0) is 13.3. The number of aromatic nitrogens is 2. The summed E-state index contributed by atoms with van der Waals surface area (Å²) in [5, 5.41) is 12.6. The largest absolute Gasteiger partial charge is 0.480 e. The Morgan fingerprint density at radius 1 is 1.39 bits per heavy atom. The fourth-order valence-electron chi connectivity index (χ4n) is 1.68. The smallest absolute Gasteiger partial charge is 0.325 e. The minimum atomic E-state index is -1.02. The molecule has 0 amide bonds. The van der Waals surface area contributed by atoms with Crippen molar-refractivity contribution >= 4 is 5.97 Å². The van der Waals surface area contributed by atoms with Crippen molar-refractivity contribution in [3.63, 3.8) is 0 Å². The highest BCUT2D eigenvalue weighted by Crippen LogP contribution is 2.24. The van der Waals surface area contributed by atoms with E-state index in [1.165, 1.54) is 16.9 Å². The zero-order valence-electron chi connectivity index (χ0n) is 9.52. The van der Waals surface area contributed by atoms with Crippen LogP contribution in [0.4, 0.5) is 8.78 Å². The predicted molar refractivity (Wildman–Crippen MR) is 60.0 cm³/mol. The van der Waals surface area contributed by atoms with Crippen molar-refractivity contribution in [3.05, 3.63) is 41.7 Å². The lowest BCUT2D eigenvalue weighted by molar-refractivity contribution is -0.137. The molecular weight excluding hydrogens is 242 g/mol. The number of rotatable bonds is 3. The molecule has 1 heterocycles. The third-order valence-electron chi connectivity index (χ3n) is 2.47. The van der Waals surface area contributed by atoms with Crippen LogP contribution in [0, 0.1) is 18.6 Å². The standard InChI is InChI=1S/C12H10F2N2O2/c1-7-9(5-16(15-7)6-12(17)18)8-2-3-10(13)11(14)4-8/h2-5H,6H2,1H3,(H,17,18). The van der Waals surface area contributed by atoms with E-state index in [0.29, 0.717) is 16.8 Å². The molecule has 0 saturated heterocycles. The highest BCUT2D eigenvalue weighted by atomic mass is 19.2. The molecule has 0 aliphatic heterocycles. The molecule has 94 valence electrons. The number of carboxylic acid groups (broad SMARTS) is 1. The van der Waals surface area contributed by atoms with Gasteiger partial charge in [0.25, 0.3) is 0 Å². The maximum Gasteiger partial charge on any atom is 0.325 e. The predicted octanol–water partition coefficient (Wildman–Crippen LogP) is 2.22. The van der Waals surface area contributed by atoms with E-state index in [1.54, 1.807) is 6.92 Å². The lowest BCUT2D eigenvalue weighted by Gasteiger charge is -1.99. The number of carboxylic acids is 1. The van der Waals surface area contributed by atoms with Gasteiger partial charge in [-0.15, -0.1) is 0 Å². The van der Waals surface area contributed by atoms with Crippen molar-refractivity contribution in [1.29, 1.82) is 0 Å². The molecule has 0 aliphatic rings. The quantitative estimate of drug-likeness (QED) is 0.911. The van der Waals surface area contributed by atoms with Gasteiger partial charge in [-0.3, -0.25) is 9.48 Å². The van der Waals surface area contributed by atoms with E-state index >= 15 is 0 Å². The van der Waals surface area contributed by atoms with E-state index < -0.39 is 17.6 Å². The molecular formula is C12H10F2N2O2. The molecule has 0 bridgehead atoms. The van der Waals surface area contributed by atoms with Gasteiger partial charge in [0.1, 0.15) is 6.54 Å². The highest BCUT2D eigenvalue weighted by molar-refractivity contribution is 5.68. The summed E-state index contributed by atoms with van der Waals surface area (Å²) in [6.45, 7) is 1.40. The van der Waals surface area contributed by atoms with E-state index in [2.05, 4.69) is 5.10 Å². The van der Waals surface area contributed by atoms with Gasteiger partial charge in [-0.1, -0.05) is 6.07 Å². The van der Waals surface area contributed by atoms with Crippen molar-refractivity contribution < 1.29 is 18.7 Å². The summed E-state index contributed by atoms with van der Waals surface area (Å²) in [5.74, 6) is -2.89. The summed E-state index contributed by atoms with van der Waals surface area (Å²) < 4.78 is 27.2. The van der Waals surface area contributed by atoms with Crippen LogP contribution in [-0.4, -0.2) is 20.9 Å². The minimum absolute atomic E-state index is 0.273. The Bertz CT molecular complexity index is 608. The Kier molecular flexibility index (Phi) is 3.10. The van der Waals surface area contributed by atoms with Crippen LogP contribution >= 0.6 is 0 Å². The molecule has 0 radical (unpaired) electrons.